The van der Waals surface area contributed by atoms with Crippen LogP contribution in [0.15, 0.2) is 0 Å². The number of nitrogens with two attached hydrogens (primary N) is 2. The van der Waals surface area contributed by atoms with Gasteiger partial charge in [-0.1, -0.05) is 11.6 Å². The number of nitrogens with zero attached hydrogens (tertiary/aromatic N) is 2. The summed E-state index contributed by atoms with van der Waals surface area (Å²) >= 11 is 6.38. The molecule has 11 nitrogen and oxygen atoms in total. The number of amides is 1. The molecule has 3 aliphatic rings. The van der Waals surface area contributed by atoms with Crippen LogP contribution >= 0.6 is 11.6 Å². The smallest absolute Gasteiger partial charge is 0.235 e. The third-order valence-corrected chi connectivity index (χ3v) is 8.01. The molecule has 0 aromatic heterocycles. The number of benzene rings is 1. The molecule has 1 aromatic carbocycles. The number of fused-ring (bicyclic) bond motifs is 3. The number of phenolic OH excluding ortho intramolecular Hbond substituents is 1. The van der Waals surface area contributed by atoms with E-state index in [0.717, 1.165) is 0 Å². The van der Waals surface area contributed by atoms with Crippen molar-refractivity contribution in [1.29, 1.82) is 0 Å². The van der Waals surface area contributed by atoms with Crippen LogP contribution in [0, 0.1) is 23.7 Å². The molecular formula is C23H27ClN4O7. The van der Waals surface area contributed by atoms with Crippen molar-refractivity contribution in [3.8, 4) is 5.75 Å². The van der Waals surface area contributed by atoms with E-state index in [2.05, 4.69) is 0 Å². The number of carbonyl (C=O) groups is 5. The number of aromatic hydroxyl groups is 1. The maximum absolute atomic E-state index is 13.7. The number of primary amides is 1. The highest BCUT2D eigenvalue weighted by Gasteiger charge is 2.69. The lowest BCUT2D eigenvalue weighted by atomic mass is 9.52. The lowest BCUT2D eigenvalue weighted by molar-refractivity contribution is -0.181. The number of carbonyl (C=O) groups excluding carboxylic acids is 5. The van der Waals surface area contributed by atoms with E-state index in [4.69, 9.17) is 23.1 Å². The second kappa shape index (κ2) is 8.00. The summed E-state index contributed by atoms with van der Waals surface area (Å²) in [4.78, 5) is 68.8. The van der Waals surface area contributed by atoms with Crippen LogP contribution in [-0.4, -0.2) is 84.0 Å². The second-order valence-electron chi connectivity index (χ2n) is 9.96. The van der Waals surface area contributed by atoms with Gasteiger partial charge in [-0.2, -0.15) is 0 Å². The van der Waals surface area contributed by atoms with E-state index in [1.807, 2.05) is 0 Å². The normalized spacial score (nSPS) is 32.3. The first-order chi connectivity index (χ1) is 16.2. The van der Waals surface area contributed by atoms with Gasteiger partial charge < -0.3 is 26.6 Å². The van der Waals surface area contributed by atoms with Crippen LogP contribution in [0.25, 0.3) is 0 Å². The van der Waals surface area contributed by atoms with Crippen molar-refractivity contribution in [2.24, 2.45) is 29.4 Å². The van der Waals surface area contributed by atoms with Crippen molar-refractivity contribution in [2.45, 2.75) is 24.5 Å². The maximum atomic E-state index is 13.7. The predicted molar refractivity (Wildman–Crippen MR) is 125 cm³/mol. The molecule has 3 aliphatic carbocycles. The predicted octanol–water partition coefficient (Wildman–Crippen LogP) is -0.831. The fraction of sp³-hybridized carbons (Fsp3) is 0.522. The molecule has 188 valence electrons. The molecule has 6 atom stereocenters. The molecule has 0 heterocycles. The highest BCUT2D eigenvalue weighted by Crippen LogP contribution is 2.54. The molecule has 1 amide bonds. The number of phenols is 1. The maximum Gasteiger partial charge on any atom is 0.235 e. The average Bonchev–Trinajstić information content (AvgIpc) is 2.74. The molecule has 0 spiro atoms. The van der Waals surface area contributed by atoms with Crippen molar-refractivity contribution in [2.75, 3.05) is 38.8 Å². The molecule has 1 aromatic rings. The van der Waals surface area contributed by atoms with Crippen molar-refractivity contribution in [1.82, 2.24) is 4.90 Å². The van der Waals surface area contributed by atoms with Gasteiger partial charge in [0.05, 0.1) is 33.9 Å². The number of halogens is 1. The van der Waals surface area contributed by atoms with E-state index in [-0.39, 0.29) is 29.1 Å². The summed E-state index contributed by atoms with van der Waals surface area (Å²) in [6, 6.07) is -1.16. The van der Waals surface area contributed by atoms with Gasteiger partial charge in [0, 0.05) is 20.0 Å². The van der Waals surface area contributed by atoms with E-state index in [1.54, 1.807) is 19.0 Å². The Hall–Kier alpha value is -3.02. The Morgan fingerprint density at radius 2 is 1.71 bits per heavy atom. The number of hydrogen-bond donors (Lipinski definition) is 4. The first-order valence-electron chi connectivity index (χ1n) is 11.0. The summed E-state index contributed by atoms with van der Waals surface area (Å²) in [6.45, 7) is 0. The molecule has 0 radical (unpaired) electrons. The molecule has 6 N–H and O–H groups in total. The third-order valence-electron chi connectivity index (χ3n) is 7.62. The van der Waals surface area contributed by atoms with Crippen LogP contribution in [0.5, 0.6) is 5.75 Å². The van der Waals surface area contributed by atoms with Gasteiger partial charge in [0.1, 0.15) is 0 Å². The van der Waals surface area contributed by atoms with Crippen molar-refractivity contribution >= 4 is 52.0 Å². The van der Waals surface area contributed by atoms with Crippen LogP contribution in [-0.2, 0) is 25.6 Å². The zero-order valence-corrected chi connectivity index (χ0v) is 20.4. The molecule has 2 saturated carbocycles. The molecule has 2 fully saturated rings. The lowest BCUT2D eigenvalue weighted by Gasteiger charge is -2.52. The summed E-state index contributed by atoms with van der Waals surface area (Å²) < 4.78 is 0. The van der Waals surface area contributed by atoms with Gasteiger partial charge in [-0.15, -0.1) is 0 Å². The topological polar surface area (TPSA) is 184 Å². The highest BCUT2D eigenvalue weighted by atomic mass is 35.5. The molecule has 0 aliphatic heterocycles. The third kappa shape index (κ3) is 3.14. The van der Waals surface area contributed by atoms with Crippen LogP contribution < -0.4 is 16.4 Å². The van der Waals surface area contributed by atoms with Crippen molar-refractivity contribution in [3.63, 3.8) is 0 Å². The number of nitrogen functional groups attached to an aromatic ring is 1. The second-order valence-corrected chi connectivity index (χ2v) is 10.3. The Morgan fingerprint density at radius 3 is 2.23 bits per heavy atom. The van der Waals surface area contributed by atoms with Crippen LogP contribution in [0.1, 0.15) is 22.3 Å². The monoisotopic (exact) mass is 506 g/mol. The van der Waals surface area contributed by atoms with E-state index in [9.17, 15) is 34.2 Å². The van der Waals surface area contributed by atoms with Gasteiger partial charge in [0.2, 0.25) is 5.91 Å². The van der Waals surface area contributed by atoms with Gasteiger partial charge in [-0.3, -0.25) is 28.9 Å². The molecule has 0 saturated heterocycles. The van der Waals surface area contributed by atoms with Gasteiger partial charge >= 0.3 is 0 Å². The van der Waals surface area contributed by atoms with E-state index >= 15 is 0 Å². The Balaban J connectivity index is 1.93. The van der Waals surface area contributed by atoms with Gasteiger partial charge in [-0.25, -0.2) is 0 Å². The number of ketones is 4. The van der Waals surface area contributed by atoms with Crippen LogP contribution in [0.4, 0.5) is 11.4 Å². The summed E-state index contributed by atoms with van der Waals surface area (Å²) in [5.74, 6) is -11.3. The van der Waals surface area contributed by atoms with Gasteiger partial charge in [-0.05, 0) is 38.4 Å². The molecule has 35 heavy (non-hydrogen) atoms. The lowest BCUT2D eigenvalue weighted by Crippen LogP contribution is -2.74. The number of anilines is 2. The summed E-state index contributed by atoms with van der Waals surface area (Å²) in [6.07, 6.45) is 0.0619. The fourth-order valence-electron chi connectivity index (χ4n) is 6.17. The SMILES string of the molecule is CN(C)c1c(Cl)c(N)c(O)c2c1CC1CC3[C@H](N(C)C)C(=O)C(C(N)=O)C(=O)[C@@]3(O)C(=O)C1C2=O. The largest absolute Gasteiger partial charge is 0.505 e. The van der Waals surface area contributed by atoms with Crippen LogP contribution in [0.3, 0.4) is 0 Å². The van der Waals surface area contributed by atoms with Gasteiger partial charge in [0.15, 0.2) is 40.4 Å². The van der Waals surface area contributed by atoms with E-state index in [0.29, 0.717) is 11.3 Å². The quantitative estimate of drug-likeness (QED) is 0.229. The van der Waals surface area contributed by atoms with Crippen molar-refractivity contribution in [3.05, 3.63) is 16.1 Å². The Labute approximate surface area is 206 Å². The Bertz CT molecular complexity index is 1210. The standard InChI is InChI=1S/C23H27ClN4O7/c1-27(2)15-8-5-7-6-9-16(28(3)4)19(31)12(22(26)34)21(33)23(9,35)20(32)10(7)17(29)11(8)18(30)14(25)13(15)24/h7,9-10,12,16,30,35H,5-6,25H2,1-4H3,(H2,26,34)/t7?,9?,10?,12?,16-,23-/m0/s1. The summed E-state index contributed by atoms with van der Waals surface area (Å²) in [7, 11) is 6.42. The molecule has 4 unspecified atom stereocenters. The van der Waals surface area contributed by atoms with E-state index in [1.165, 1.54) is 19.0 Å². The Morgan fingerprint density at radius 1 is 1.11 bits per heavy atom. The molecule has 12 heteroatoms. The number of rotatable bonds is 3. The zero-order valence-electron chi connectivity index (χ0n) is 19.7. The number of Topliss-reactive ketones (excluding diaryl/α,β-unsaturated/α-hetero) is 4. The zero-order chi connectivity index (χ0) is 26.3. The van der Waals surface area contributed by atoms with Gasteiger partial charge in [0.25, 0.3) is 0 Å². The summed E-state index contributed by atoms with van der Waals surface area (Å²) in [5, 5.41) is 22.3. The molecule has 0 bridgehead atoms. The molecular weight excluding hydrogens is 480 g/mol. The first kappa shape index (κ1) is 25.1. The molecule has 4 rings (SSSR count). The fourth-order valence-corrected chi connectivity index (χ4v) is 6.55. The van der Waals surface area contributed by atoms with Crippen molar-refractivity contribution < 1.29 is 34.2 Å². The number of aliphatic hydroxyl groups is 1. The minimum atomic E-state index is -2.77. The number of hydrogen-bond acceptors (Lipinski definition) is 10. The van der Waals surface area contributed by atoms with Crippen LogP contribution in [0.2, 0.25) is 5.02 Å². The summed E-state index contributed by atoms with van der Waals surface area (Å²) in [5.41, 5.74) is 8.84. The number of likely N-dealkylation sites (N-methyl/N-ethyl adjacent to an activating group) is 1. The minimum absolute atomic E-state index is 0.0421. The highest BCUT2D eigenvalue weighted by molar-refractivity contribution is 6.37. The first-order valence-corrected chi connectivity index (χ1v) is 11.4. The van der Waals surface area contributed by atoms with E-state index < -0.39 is 70.1 Å². The Kier molecular flexibility index (Phi) is 5.74. The minimum Gasteiger partial charge on any atom is -0.505 e. The average molecular weight is 507 g/mol.